The van der Waals surface area contributed by atoms with Crippen molar-refractivity contribution in [2.75, 3.05) is 19.7 Å². The average Bonchev–Trinajstić information content (AvgIpc) is 2.85. The van der Waals surface area contributed by atoms with Crippen LogP contribution in [0.3, 0.4) is 0 Å². The van der Waals surface area contributed by atoms with Crippen LogP contribution in [0.2, 0.25) is 0 Å². The summed E-state index contributed by atoms with van der Waals surface area (Å²) >= 11 is 0. The minimum absolute atomic E-state index is 0.130. The lowest BCUT2D eigenvalue weighted by Crippen LogP contribution is -2.34. The number of benzene rings is 1. The zero-order chi connectivity index (χ0) is 15.2. The van der Waals surface area contributed by atoms with E-state index in [4.69, 9.17) is 4.74 Å². The van der Waals surface area contributed by atoms with Gasteiger partial charge in [-0.25, -0.2) is 0 Å². The zero-order valence-corrected chi connectivity index (χ0v) is 13.0. The van der Waals surface area contributed by atoms with Crippen LogP contribution >= 0.6 is 0 Å². The number of aliphatic hydroxyl groups excluding tert-OH is 2. The first kappa shape index (κ1) is 16.3. The molecule has 4 nitrogen and oxygen atoms in total. The van der Waals surface area contributed by atoms with Crippen molar-refractivity contribution in [3.05, 3.63) is 29.3 Å². The van der Waals surface area contributed by atoms with Gasteiger partial charge in [0.15, 0.2) is 0 Å². The third kappa shape index (κ3) is 5.30. The number of aliphatic hydroxyl groups is 2. The van der Waals surface area contributed by atoms with Crippen molar-refractivity contribution in [3.63, 3.8) is 0 Å². The first-order valence-electron chi connectivity index (χ1n) is 7.81. The van der Waals surface area contributed by atoms with E-state index in [0.29, 0.717) is 19.1 Å². The highest BCUT2D eigenvalue weighted by Gasteiger charge is 2.22. The Morgan fingerprint density at radius 3 is 2.86 bits per heavy atom. The van der Waals surface area contributed by atoms with Crippen LogP contribution in [0.1, 0.15) is 30.4 Å². The smallest absolute Gasteiger partial charge is 0.122 e. The van der Waals surface area contributed by atoms with E-state index in [1.54, 1.807) is 0 Å². The van der Waals surface area contributed by atoms with Crippen molar-refractivity contribution in [1.29, 1.82) is 0 Å². The maximum Gasteiger partial charge on any atom is 0.122 e. The highest BCUT2D eigenvalue weighted by Crippen LogP contribution is 2.24. The second-order valence-electron chi connectivity index (χ2n) is 6.22. The SMILES string of the molecule is Cc1ccc(C)c(OCC(O)CNCC2CCC(O)C2)c1. The van der Waals surface area contributed by atoms with E-state index in [-0.39, 0.29) is 6.10 Å². The van der Waals surface area contributed by atoms with Crippen molar-refractivity contribution in [3.8, 4) is 5.75 Å². The van der Waals surface area contributed by atoms with E-state index in [1.807, 2.05) is 26.0 Å². The summed E-state index contributed by atoms with van der Waals surface area (Å²) in [5, 5.41) is 22.7. The highest BCUT2D eigenvalue weighted by atomic mass is 16.5. The van der Waals surface area contributed by atoms with Gasteiger partial charge < -0.3 is 20.3 Å². The van der Waals surface area contributed by atoms with Crippen molar-refractivity contribution in [2.24, 2.45) is 5.92 Å². The van der Waals surface area contributed by atoms with Crippen LogP contribution in [-0.2, 0) is 0 Å². The molecule has 118 valence electrons. The molecule has 2 rings (SSSR count). The van der Waals surface area contributed by atoms with Gasteiger partial charge in [0.05, 0.1) is 6.10 Å². The Morgan fingerprint density at radius 1 is 1.33 bits per heavy atom. The minimum Gasteiger partial charge on any atom is -0.491 e. The van der Waals surface area contributed by atoms with Crippen molar-refractivity contribution in [1.82, 2.24) is 5.32 Å². The average molecular weight is 293 g/mol. The largest absolute Gasteiger partial charge is 0.491 e. The van der Waals surface area contributed by atoms with Crippen LogP contribution in [-0.4, -0.2) is 42.1 Å². The molecule has 1 aromatic carbocycles. The fourth-order valence-corrected chi connectivity index (χ4v) is 2.80. The quantitative estimate of drug-likeness (QED) is 0.717. The van der Waals surface area contributed by atoms with E-state index in [2.05, 4.69) is 11.4 Å². The van der Waals surface area contributed by atoms with Crippen LogP contribution in [0.15, 0.2) is 18.2 Å². The Hall–Kier alpha value is -1.10. The first-order chi connectivity index (χ1) is 10.0. The number of nitrogens with one attached hydrogen (secondary N) is 1. The Kier molecular flexibility index (Phi) is 6.03. The molecule has 0 amide bonds. The maximum atomic E-state index is 9.96. The van der Waals surface area contributed by atoms with Crippen LogP contribution < -0.4 is 10.1 Å². The van der Waals surface area contributed by atoms with Gasteiger partial charge in [0.1, 0.15) is 18.5 Å². The minimum atomic E-state index is -0.517. The number of aryl methyl sites for hydroxylation is 2. The molecular weight excluding hydrogens is 266 g/mol. The molecule has 0 heterocycles. The van der Waals surface area contributed by atoms with E-state index < -0.39 is 6.10 Å². The second kappa shape index (κ2) is 7.78. The highest BCUT2D eigenvalue weighted by molar-refractivity contribution is 5.35. The van der Waals surface area contributed by atoms with Gasteiger partial charge in [-0.2, -0.15) is 0 Å². The molecule has 0 aliphatic heterocycles. The van der Waals surface area contributed by atoms with Gasteiger partial charge in [-0.05, 0) is 62.8 Å². The Bertz CT molecular complexity index is 450. The summed E-state index contributed by atoms with van der Waals surface area (Å²) in [6.07, 6.45) is 2.21. The standard InChI is InChI=1S/C17H27NO3/c1-12-3-4-13(2)17(7-12)21-11-16(20)10-18-9-14-5-6-15(19)8-14/h3-4,7,14-16,18-20H,5-6,8-11H2,1-2H3. The van der Waals surface area contributed by atoms with Gasteiger partial charge in [-0.3, -0.25) is 0 Å². The Labute approximate surface area is 127 Å². The van der Waals surface area contributed by atoms with Crippen LogP contribution in [0.4, 0.5) is 0 Å². The normalized spacial score (nSPS) is 23.2. The molecular formula is C17H27NO3. The van der Waals surface area contributed by atoms with Crippen molar-refractivity contribution < 1.29 is 14.9 Å². The maximum absolute atomic E-state index is 9.96. The number of hydrogen-bond donors (Lipinski definition) is 3. The summed E-state index contributed by atoms with van der Waals surface area (Å²) in [4.78, 5) is 0. The number of hydrogen-bond acceptors (Lipinski definition) is 4. The molecule has 0 radical (unpaired) electrons. The Morgan fingerprint density at radius 2 is 2.14 bits per heavy atom. The van der Waals surface area contributed by atoms with Crippen molar-refractivity contribution >= 4 is 0 Å². The monoisotopic (exact) mass is 293 g/mol. The lowest BCUT2D eigenvalue weighted by Gasteiger charge is -2.16. The van der Waals surface area contributed by atoms with Crippen LogP contribution in [0.5, 0.6) is 5.75 Å². The molecule has 0 aromatic heterocycles. The van der Waals surface area contributed by atoms with Gasteiger partial charge in [-0.15, -0.1) is 0 Å². The molecule has 3 unspecified atom stereocenters. The van der Waals surface area contributed by atoms with E-state index >= 15 is 0 Å². The predicted molar refractivity (Wildman–Crippen MR) is 83.6 cm³/mol. The fourth-order valence-electron chi connectivity index (χ4n) is 2.80. The summed E-state index contributed by atoms with van der Waals surface area (Å²) < 4.78 is 5.69. The number of ether oxygens (including phenoxy) is 1. The molecule has 4 heteroatoms. The lowest BCUT2D eigenvalue weighted by molar-refractivity contribution is 0.105. The van der Waals surface area contributed by atoms with Gasteiger partial charge in [0.2, 0.25) is 0 Å². The molecule has 0 saturated heterocycles. The van der Waals surface area contributed by atoms with Gasteiger partial charge in [0, 0.05) is 6.54 Å². The van der Waals surface area contributed by atoms with Crippen LogP contribution in [0.25, 0.3) is 0 Å². The summed E-state index contributed by atoms with van der Waals surface area (Å²) in [7, 11) is 0. The molecule has 0 bridgehead atoms. The van der Waals surface area contributed by atoms with E-state index in [0.717, 1.165) is 42.7 Å². The molecule has 1 aliphatic carbocycles. The summed E-state index contributed by atoms with van der Waals surface area (Å²) in [6, 6.07) is 6.08. The number of rotatable bonds is 7. The first-order valence-corrected chi connectivity index (χ1v) is 7.81. The van der Waals surface area contributed by atoms with Gasteiger partial charge in [0.25, 0.3) is 0 Å². The molecule has 1 aromatic rings. The Balaban J connectivity index is 1.65. The topological polar surface area (TPSA) is 61.7 Å². The summed E-state index contributed by atoms with van der Waals surface area (Å²) in [5.74, 6) is 1.38. The third-order valence-corrected chi connectivity index (χ3v) is 4.10. The molecule has 1 aliphatic rings. The summed E-state index contributed by atoms with van der Waals surface area (Å²) in [5.41, 5.74) is 2.24. The summed E-state index contributed by atoms with van der Waals surface area (Å²) in [6.45, 7) is 5.71. The van der Waals surface area contributed by atoms with E-state index in [1.165, 1.54) is 0 Å². The molecule has 3 N–H and O–H groups in total. The van der Waals surface area contributed by atoms with E-state index in [9.17, 15) is 10.2 Å². The predicted octanol–water partition coefficient (Wildman–Crippen LogP) is 1.79. The second-order valence-corrected chi connectivity index (χ2v) is 6.22. The molecule has 1 saturated carbocycles. The van der Waals surface area contributed by atoms with Crippen molar-refractivity contribution in [2.45, 2.75) is 45.3 Å². The molecule has 3 atom stereocenters. The lowest BCUT2D eigenvalue weighted by atomic mass is 10.1. The molecule has 0 spiro atoms. The van der Waals surface area contributed by atoms with Gasteiger partial charge >= 0.3 is 0 Å². The third-order valence-electron chi connectivity index (χ3n) is 4.10. The van der Waals surface area contributed by atoms with Crippen LogP contribution in [0, 0.1) is 19.8 Å². The zero-order valence-electron chi connectivity index (χ0n) is 13.0. The molecule has 21 heavy (non-hydrogen) atoms. The fraction of sp³-hybridized carbons (Fsp3) is 0.647. The van der Waals surface area contributed by atoms with Gasteiger partial charge in [-0.1, -0.05) is 12.1 Å². The molecule has 1 fully saturated rings.